The topological polar surface area (TPSA) is 42.1 Å². The summed E-state index contributed by atoms with van der Waals surface area (Å²) >= 11 is 6.23. The summed E-state index contributed by atoms with van der Waals surface area (Å²) in [6.45, 7) is 1.48. The predicted molar refractivity (Wildman–Crippen MR) is 72.5 cm³/mol. The van der Waals surface area contributed by atoms with Crippen LogP contribution in [0.4, 0.5) is 5.82 Å². The van der Waals surface area contributed by atoms with Gasteiger partial charge in [0.25, 0.3) is 0 Å². The van der Waals surface area contributed by atoms with Gasteiger partial charge in [0.05, 0.1) is 5.02 Å². The Morgan fingerprint density at radius 2 is 2.12 bits per heavy atom. The van der Waals surface area contributed by atoms with Crippen molar-refractivity contribution in [3.8, 4) is 0 Å². The van der Waals surface area contributed by atoms with Crippen LogP contribution in [-0.2, 0) is 0 Å². The summed E-state index contributed by atoms with van der Waals surface area (Å²) in [6, 6.07) is 4.32. The quantitative estimate of drug-likeness (QED) is 0.897. The van der Waals surface area contributed by atoms with Crippen LogP contribution in [0.1, 0.15) is 32.1 Å². The van der Waals surface area contributed by atoms with E-state index in [1.165, 1.54) is 32.1 Å². The molecule has 0 amide bonds. The van der Waals surface area contributed by atoms with Crippen LogP contribution in [0.15, 0.2) is 18.3 Å². The van der Waals surface area contributed by atoms with Crippen LogP contribution >= 0.6 is 11.6 Å². The minimum absolute atomic E-state index is 0.555. The van der Waals surface area contributed by atoms with Gasteiger partial charge in [0, 0.05) is 25.3 Å². The fourth-order valence-electron chi connectivity index (χ4n) is 2.58. The van der Waals surface area contributed by atoms with Crippen molar-refractivity contribution in [2.45, 2.75) is 38.1 Å². The average Bonchev–Trinajstić information content (AvgIpc) is 2.38. The third-order valence-electron chi connectivity index (χ3n) is 3.40. The Kier molecular flexibility index (Phi) is 4.63. The molecule has 1 fully saturated rings. The molecular formula is C13H20ClN3. The van der Waals surface area contributed by atoms with Crippen molar-refractivity contribution < 1.29 is 0 Å². The lowest BCUT2D eigenvalue weighted by Crippen LogP contribution is -2.40. The molecule has 94 valence electrons. The smallest absolute Gasteiger partial charge is 0.147 e. The number of halogens is 1. The Bertz CT molecular complexity index is 350. The molecule has 0 atom stereocenters. The minimum Gasteiger partial charge on any atom is -0.351 e. The van der Waals surface area contributed by atoms with Crippen LogP contribution < -0.4 is 10.6 Å². The molecule has 2 rings (SSSR count). The second kappa shape index (κ2) is 6.22. The second-order valence-corrected chi connectivity index (χ2v) is 4.99. The molecule has 0 bridgehead atoms. The van der Waals surface area contributed by atoms with Gasteiger partial charge in [-0.1, -0.05) is 30.9 Å². The van der Waals surface area contributed by atoms with Gasteiger partial charge in [-0.05, 0) is 25.0 Å². The molecule has 0 aliphatic heterocycles. The second-order valence-electron chi connectivity index (χ2n) is 4.58. The van der Waals surface area contributed by atoms with Crippen molar-refractivity contribution >= 4 is 17.4 Å². The van der Waals surface area contributed by atoms with Crippen LogP contribution in [0, 0.1) is 0 Å². The molecule has 1 heterocycles. The molecule has 1 aliphatic carbocycles. The Morgan fingerprint density at radius 3 is 2.76 bits per heavy atom. The number of rotatable bonds is 4. The summed E-state index contributed by atoms with van der Waals surface area (Å²) in [6.07, 6.45) is 8.21. The number of aromatic nitrogens is 1. The van der Waals surface area contributed by atoms with Crippen molar-refractivity contribution in [2.24, 2.45) is 5.73 Å². The van der Waals surface area contributed by atoms with Crippen molar-refractivity contribution in [1.82, 2.24) is 4.98 Å². The Morgan fingerprint density at radius 1 is 1.35 bits per heavy atom. The Labute approximate surface area is 108 Å². The van der Waals surface area contributed by atoms with Gasteiger partial charge in [-0.25, -0.2) is 4.98 Å². The highest BCUT2D eigenvalue weighted by atomic mass is 35.5. The van der Waals surface area contributed by atoms with Gasteiger partial charge in [-0.3, -0.25) is 0 Å². The van der Waals surface area contributed by atoms with Gasteiger partial charge in [0.15, 0.2) is 0 Å². The molecular weight excluding hydrogens is 234 g/mol. The molecule has 0 spiro atoms. The first-order chi connectivity index (χ1) is 8.33. The molecule has 0 aromatic carbocycles. The lowest BCUT2D eigenvalue weighted by molar-refractivity contribution is 0.414. The fourth-order valence-corrected chi connectivity index (χ4v) is 2.81. The normalized spacial score (nSPS) is 17.1. The summed E-state index contributed by atoms with van der Waals surface area (Å²) in [5, 5.41) is 0.728. The van der Waals surface area contributed by atoms with Crippen molar-refractivity contribution in [2.75, 3.05) is 18.0 Å². The fraction of sp³-hybridized carbons (Fsp3) is 0.615. The van der Waals surface area contributed by atoms with E-state index in [0.29, 0.717) is 12.6 Å². The molecule has 0 radical (unpaired) electrons. The summed E-state index contributed by atoms with van der Waals surface area (Å²) < 4.78 is 0. The SMILES string of the molecule is NCCN(c1ncccc1Cl)C1CCCCC1. The standard InChI is InChI=1S/C13H20ClN3/c14-12-7-4-9-16-13(12)17(10-8-15)11-5-2-1-3-6-11/h4,7,9,11H,1-3,5-6,8,10,15H2. The lowest BCUT2D eigenvalue weighted by atomic mass is 9.94. The first-order valence-corrected chi connectivity index (χ1v) is 6.78. The molecule has 0 unspecified atom stereocenters. The zero-order valence-electron chi connectivity index (χ0n) is 10.1. The highest BCUT2D eigenvalue weighted by Crippen LogP contribution is 2.29. The molecule has 4 heteroatoms. The van der Waals surface area contributed by atoms with E-state index in [2.05, 4.69) is 9.88 Å². The Hall–Kier alpha value is -0.800. The van der Waals surface area contributed by atoms with Gasteiger partial charge >= 0.3 is 0 Å². The highest BCUT2D eigenvalue weighted by Gasteiger charge is 2.23. The zero-order valence-corrected chi connectivity index (χ0v) is 10.9. The number of pyridine rings is 1. The summed E-state index contributed by atoms with van der Waals surface area (Å²) in [5.41, 5.74) is 5.71. The van der Waals surface area contributed by atoms with Gasteiger partial charge < -0.3 is 10.6 Å². The van der Waals surface area contributed by atoms with Crippen molar-refractivity contribution in [1.29, 1.82) is 0 Å². The van der Waals surface area contributed by atoms with Crippen LogP contribution in [-0.4, -0.2) is 24.1 Å². The largest absolute Gasteiger partial charge is 0.351 e. The van der Waals surface area contributed by atoms with E-state index in [0.717, 1.165) is 17.4 Å². The summed E-state index contributed by atoms with van der Waals surface area (Å²) in [7, 11) is 0. The van der Waals surface area contributed by atoms with Crippen LogP contribution in [0.25, 0.3) is 0 Å². The number of nitrogens with two attached hydrogens (primary N) is 1. The van der Waals surface area contributed by atoms with Gasteiger partial charge in [-0.2, -0.15) is 0 Å². The molecule has 1 aromatic rings. The van der Waals surface area contributed by atoms with E-state index < -0.39 is 0 Å². The molecule has 1 aliphatic rings. The number of hydrogen-bond acceptors (Lipinski definition) is 3. The van der Waals surface area contributed by atoms with E-state index >= 15 is 0 Å². The maximum Gasteiger partial charge on any atom is 0.147 e. The molecule has 1 aromatic heterocycles. The number of hydrogen-bond donors (Lipinski definition) is 1. The molecule has 17 heavy (non-hydrogen) atoms. The maximum absolute atomic E-state index is 6.23. The maximum atomic E-state index is 6.23. The number of anilines is 1. The molecule has 3 nitrogen and oxygen atoms in total. The highest BCUT2D eigenvalue weighted by molar-refractivity contribution is 6.32. The van der Waals surface area contributed by atoms with Gasteiger partial charge in [-0.15, -0.1) is 0 Å². The van der Waals surface area contributed by atoms with E-state index in [1.54, 1.807) is 6.20 Å². The van der Waals surface area contributed by atoms with Crippen LogP contribution in [0.2, 0.25) is 5.02 Å². The molecule has 1 saturated carbocycles. The average molecular weight is 254 g/mol. The molecule has 2 N–H and O–H groups in total. The number of nitrogens with zero attached hydrogens (tertiary/aromatic N) is 2. The predicted octanol–water partition coefficient (Wildman–Crippen LogP) is 2.83. The van der Waals surface area contributed by atoms with Crippen molar-refractivity contribution in [3.05, 3.63) is 23.4 Å². The van der Waals surface area contributed by atoms with Crippen molar-refractivity contribution in [3.63, 3.8) is 0 Å². The summed E-state index contributed by atoms with van der Waals surface area (Å²) in [5.74, 6) is 0.895. The summed E-state index contributed by atoms with van der Waals surface area (Å²) in [4.78, 5) is 6.70. The molecule has 0 saturated heterocycles. The van der Waals surface area contributed by atoms with Gasteiger partial charge in [0.2, 0.25) is 0 Å². The van der Waals surface area contributed by atoms with E-state index in [1.807, 2.05) is 12.1 Å². The van der Waals surface area contributed by atoms with Crippen LogP contribution in [0.5, 0.6) is 0 Å². The lowest BCUT2D eigenvalue weighted by Gasteiger charge is -2.35. The monoisotopic (exact) mass is 253 g/mol. The Balaban J connectivity index is 2.18. The third kappa shape index (κ3) is 3.11. The third-order valence-corrected chi connectivity index (χ3v) is 3.69. The zero-order chi connectivity index (χ0) is 12.1. The minimum atomic E-state index is 0.555. The van der Waals surface area contributed by atoms with E-state index in [-0.39, 0.29) is 0 Å². The van der Waals surface area contributed by atoms with Gasteiger partial charge in [0.1, 0.15) is 5.82 Å². The van der Waals surface area contributed by atoms with Crippen LogP contribution in [0.3, 0.4) is 0 Å². The van der Waals surface area contributed by atoms with E-state index in [9.17, 15) is 0 Å². The van der Waals surface area contributed by atoms with E-state index in [4.69, 9.17) is 17.3 Å². The first kappa shape index (κ1) is 12.7. The first-order valence-electron chi connectivity index (χ1n) is 6.40.